The Balaban J connectivity index is 1.64. The molecule has 1 aliphatic heterocycles. The maximum Gasteiger partial charge on any atom is 0.225 e. The van der Waals surface area contributed by atoms with Crippen LogP contribution in [0.2, 0.25) is 0 Å². The Morgan fingerprint density at radius 1 is 0.929 bits per heavy atom. The van der Waals surface area contributed by atoms with Crippen LogP contribution in [0.3, 0.4) is 0 Å². The van der Waals surface area contributed by atoms with Gasteiger partial charge in [0.15, 0.2) is 11.5 Å². The largest absolute Gasteiger partial charge is 0.486 e. The molecule has 2 N–H and O–H groups in total. The maximum atomic E-state index is 5.67. The highest BCUT2D eigenvalue weighted by Crippen LogP contribution is 2.34. The highest BCUT2D eigenvalue weighted by Gasteiger charge is 2.13. The van der Waals surface area contributed by atoms with Crippen LogP contribution >= 0.6 is 0 Å². The molecule has 2 heterocycles. The second-order valence-electron chi connectivity index (χ2n) is 7.09. The summed E-state index contributed by atoms with van der Waals surface area (Å²) < 4.78 is 11.3. The molecule has 144 valence electrons. The quantitative estimate of drug-likeness (QED) is 0.648. The monoisotopic (exact) mass is 376 g/mol. The summed E-state index contributed by atoms with van der Waals surface area (Å²) in [6.45, 7) is 6.26. The molecule has 0 radical (unpaired) electrons. The molecule has 3 aromatic rings. The molecule has 28 heavy (non-hydrogen) atoms. The molecule has 1 aromatic heterocycles. The fraction of sp³-hybridized carbons (Fsp3) is 0.273. The second-order valence-corrected chi connectivity index (χ2v) is 7.09. The second kappa shape index (κ2) is 8.17. The molecule has 6 heteroatoms. The molecule has 0 saturated carbocycles. The minimum absolute atomic E-state index is 0.498. The molecule has 0 atom stereocenters. The Kier molecular flexibility index (Phi) is 5.28. The van der Waals surface area contributed by atoms with Crippen molar-refractivity contribution in [2.75, 3.05) is 30.4 Å². The third kappa shape index (κ3) is 4.34. The molecule has 0 unspecified atom stereocenters. The molecule has 1 aliphatic rings. The molecule has 0 spiro atoms. The fourth-order valence-corrected chi connectivity index (χ4v) is 2.91. The average Bonchev–Trinajstić information content (AvgIpc) is 2.73. The van der Waals surface area contributed by atoms with Gasteiger partial charge in [-0.2, -0.15) is 4.98 Å². The number of fused-ring (bicyclic) bond motifs is 1. The Morgan fingerprint density at radius 2 is 1.71 bits per heavy atom. The molecule has 2 aromatic carbocycles. The van der Waals surface area contributed by atoms with Crippen molar-refractivity contribution in [2.45, 2.75) is 13.8 Å². The lowest BCUT2D eigenvalue weighted by Crippen LogP contribution is -2.15. The summed E-state index contributed by atoms with van der Waals surface area (Å²) in [5.74, 6) is 3.33. The van der Waals surface area contributed by atoms with Crippen LogP contribution in [0.4, 0.5) is 17.5 Å². The van der Waals surface area contributed by atoms with E-state index in [1.165, 1.54) is 0 Å². The van der Waals surface area contributed by atoms with Crippen LogP contribution in [0, 0.1) is 5.92 Å². The van der Waals surface area contributed by atoms with E-state index in [-0.39, 0.29) is 0 Å². The molecule has 4 rings (SSSR count). The van der Waals surface area contributed by atoms with E-state index in [4.69, 9.17) is 9.47 Å². The van der Waals surface area contributed by atoms with Gasteiger partial charge in [-0.15, -0.1) is 0 Å². The lowest BCUT2D eigenvalue weighted by molar-refractivity contribution is 0.171. The SMILES string of the molecule is CC(C)CNc1nc(Nc2ccc3c(c2)OCCO3)cc(-c2ccccc2)n1. The summed E-state index contributed by atoms with van der Waals surface area (Å²) in [5, 5.41) is 6.69. The summed E-state index contributed by atoms with van der Waals surface area (Å²) >= 11 is 0. The first-order valence-electron chi connectivity index (χ1n) is 9.52. The Labute approximate surface area is 164 Å². The van der Waals surface area contributed by atoms with E-state index in [1.54, 1.807) is 0 Å². The van der Waals surface area contributed by atoms with Crippen LogP contribution in [-0.2, 0) is 0 Å². The van der Waals surface area contributed by atoms with Crippen molar-refractivity contribution in [3.05, 3.63) is 54.6 Å². The molecular formula is C22H24N4O2. The smallest absolute Gasteiger partial charge is 0.225 e. The minimum Gasteiger partial charge on any atom is -0.486 e. The van der Waals surface area contributed by atoms with Gasteiger partial charge >= 0.3 is 0 Å². The molecule has 0 bridgehead atoms. The third-order valence-corrected chi connectivity index (χ3v) is 4.28. The first kappa shape index (κ1) is 18.1. The Bertz CT molecular complexity index is 945. The van der Waals surface area contributed by atoms with Gasteiger partial charge in [0.05, 0.1) is 5.69 Å². The number of benzene rings is 2. The average molecular weight is 376 g/mol. The Hall–Kier alpha value is -3.28. The van der Waals surface area contributed by atoms with E-state index in [0.717, 1.165) is 40.8 Å². The number of ether oxygens (including phenoxy) is 2. The van der Waals surface area contributed by atoms with Crippen LogP contribution in [-0.4, -0.2) is 29.7 Å². The van der Waals surface area contributed by atoms with Crippen molar-refractivity contribution in [2.24, 2.45) is 5.92 Å². The molecular weight excluding hydrogens is 352 g/mol. The summed E-state index contributed by atoms with van der Waals surface area (Å²) in [7, 11) is 0. The number of anilines is 3. The molecule has 6 nitrogen and oxygen atoms in total. The molecule has 0 amide bonds. The van der Waals surface area contributed by atoms with E-state index in [9.17, 15) is 0 Å². The summed E-state index contributed by atoms with van der Waals surface area (Å²) in [6, 6.07) is 17.8. The third-order valence-electron chi connectivity index (χ3n) is 4.28. The maximum absolute atomic E-state index is 5.67. The van der Waals surface area contributed by atoms with Gasteiger partial charge < -0.3 is 20.1 Å². The van der Waals surface area contributed by atoms with Gasteiger partial charge in [-0.3, -0.25) is 0 Å². The molecule has 0 fully saturated rings. The Morgan fingerprint density at radius 3 is 2.50 bits per heavy atom. The van der Waals surface area contributed by atoms with Gasteiger partial charge in [0.1, 0.15) is 19.0 Å². The zero-order valence-corrected chi connectivity index (χ0v) is 16.1. The van der Waals surface area contributed by atoms with Crippen molar-refractivity contribution in [3.8, 4) is 22.8 Å². The minimum atomic E-state index is 0.498. The van der Waals surface area contributed by atoms with Crippen molar-refractivity contribution in [1.29, 1.82) is 0 Å². The van der Waals surface area contributed by atoms with Crippen LogP contribution in [0.5, 0.6) is 11.5 Å². The summed E-state index contributed by atoms with van der Waals surface area (Å²) in [4.78, 5) is 9.31. The number of hydrogen-bond acceptors (Lipinski definition) is 6. The summed E-state index contributed by atoms with van der Waals surface area (Å²) in [6.07, 6.45) is 0. The fourth-order valence-electron chi connectivity index (χ4n) is 2.91. The zero-order valence-electron chi connectivity index (χ0n) is 16.1. The van der Waals surface area contributed by atoms with Gasteiger partial charge in [-0.05, 0) is 18.1 Å². The normalized spacial score (nSPS) is 12.7. The zero-order chi connectivity index (χ0) is 19.3. The van der Waals surface area contributed by atoms with E-state index in [1.807, 2.05) is 54.6 Å². The van der Waals surface area contributed by atoms with Gasteiger partial charge in [-0.25, -0.2) is 4.98 Å². The van der Waals surface area contributed by atoms with Crippen molar-refractivity contribution >= 4 is 17.5 Å². The van der Waals surface area contributed by atoms with E-state index >= 15 is 0 Å². The predicted molar refractivity (Wildman–Crippen MR) is 112 cm³/mol. The highest BCUT2D eigenvalue weighted by atomic mass is 16.6. The first-order valence-corrected chi connectivity index (χ1v) is 9.52. The predicted octanol–water partition coefficient (Wildman–Crippen LogP) is 4.73. The van der Waals surface area contributed by atoms with Gasteiger partial charge in [-0.1, -0.05) is 44.2 Å². The molecule has 0 aliphatic carbocycles. The van der Waals surface area contributed by atoms with E-state index < -0.39 is 0 Å². The van der Waals surface area contributed by atoms with E-state index in [2.05, 4.69) is 34.4 Å². The van der Waals surface area contributed by atoms with Crippen LogP contribution in [0.25, 0.3) is 11.3 Å². The lowest BCUT2D eigenvalue weighted by Gasteiger charge is -2.19. The summed E-state index contributed by atoms with van der Waals surface area (Å²) in [5.41, 5.74) is 2.79. The number of nitrogens with one attached hydrogen (secondary N) is 2. The number of aromatic nitrogens is 2. The number of nitrogens with zero attached hydrogens (tertiary/aromatic N) is 2. The van der Waals surface area contributed by atoms with Crippen molar-refractivity contribution < 1.29 is 9.47 Å². The van der Waals surface area contributed by atoms with Crippen LogP contribution < -0.4 is 20.1 Å². The van der Waals surface area contributed by atoms with Crippen LogP contribution in [0.15, 0.2) is 54.6 Å². The van der Waals surface area contributed by atoms with E-state index in [0.29, 0.717) is 25.1 Å². The standard InChI is InChI=1S/C22H24N4O2/c1-15(2)14-23-22-25-18(16-6-4-3-5-7-16)13-21(26-22)24-17-8-9-19-20(12-17)28-11-10-27-19/h3-9,12-13,15H,10-11,14H2,1-2H3,(H2,23,24,25,26). The van der Waals surface area contributed by atoms with Crippen LogP contribution in [0.1, 0.15) is 13.8 Å². The molecule has 0 saturated heterocycles. The van der Waals surface area contributed by atoms with Gasteiger partial charge in [0.2, 0.25) is 5.95 Å². The van der Waals surface area contributed by atoms with Crippen molar-refractivity contribution in [1.82, 2.24) is 9.97 Å². The number of rotatable bonds is 6. The van der Waals surface area contributed by atoms with Gasteiger partial charge in [0.25, 0.3) is 0 Å². The highest BCUT2D eigenvalue weighted by molar-refractivity contribution is 5.68. The number of hydrogen-bond donors (Lipinski definition) is 2. The van der Waals surface area contributed by atoms with Gasteiger partial charge in [0, 0.05) is 29.9 Å². The first-order chi connectivity index (χ1) is 13.7. The van der Waals surface area contributed by atoms with Crippen molar-refractivity contribution in [3.63, 3.8) is 0 Å². The topological polar surface area (TPSA) is 68.3 Å². The lowest BCUT2D eigenvalue weighted by atomic mass is 10.1.